The Balaban J connectivity index is 1.57. The molecule has 1 aliphatic rings. The van der Waals surface area contributed by atoms with E-state index in [1.165, 1.54) is 11.3 Å². The predicted octanol–water partition coefficient (Wildman–Crippen LogP) is 4.09. The molecule has 1 aromatic heterocycles. The largest absolute Gasteiger partial charge is 0.494 e. The van der Waals surface area contributed by atoms with Gasteiger partial charge in [-0.2, -0.15) is 0 Å². The van der Waals surface area contributed by atoms with Crippen molar-refractivity contribution in [2.45, 2.75) is 6.92 Å². The molecule has 3 aromatic rings. The summed E-state index contributed by atoms with van der Waals surface area (Å²) in [6.45, 7) is 7.00. The number of carbonyl (C=O) groups excluding carboxylic acids is 1. The Morgan fingerprint density at radius 2 is 1.94 bits per heavy atom. The Morgan fingerprint density at radius 1 is 1.14 bits per heavy atom. The summed E-state index contributed by atoms with van der Waals surface area (Å²) in [4.78, 5) is 22.2. The normalized spacial score (nSPS) is 14.4. The van der Waals surface area contributed by atoms with Crippen LogP contribution in [0.2, 0.25) is 0 Å². The fourth-order valence-electron chi connectivity index (χ4n) is 3.84. The minimum absolute atomic E-state index is 0.128. The molecule has 0 radical (unpaired) electrons. The quantitative estimate of drug-likeness (QED) is 0.391. The molecule has 186 valence electrons. The van der Waals surface area contributed by atoms with Crippen molar-refractivity contribution in [2.24, 2.45) is 0 Å². The lowest BCUT2D eigenvalue weighted by atomic mass is 10.2. The maximum atomic E-state index is 13.4. The zero-order chi connectivity index (χ0) is 24.6. The van der Waals surface area contributed by atoms with Crippen molar-refractivity contribution in [1.82, 2.24) is 9.88 Å². The van der Waals surface area contributed by atoms with Crippen LogP contribution in [0.25, 0.3) is 16.3 Å². The van der Waals surface area contributed by atoms with Gasteiger partial charge in [-0.1, -0.05) is 17.4 Å². The van der Waals surface area contributed by atoms with Gasteiger partial charge in [0.25, 0.3) is 5.91 Å². The number of fused-ring (bicyclic) bond motifs is 1. The molecule has 0 spiro atoms. The molecule has 0 N–H and O–H groups in total. The number of carbonyl (C=O) groups is 1. The van der Waals surface area contributed by atoms with Crippen LogP contribution in [0.15, 0.2) is 42.5 Å². The van der Waals surface area contributed by atoms with Crippen LogP contribution in [0, 0.1) is 0 Å². The van der Waals surface area contributed by atoms with E-state index in [1.807, 2.05) is 43.3 Å². The van der Waals surface area contributed by atoms with Gasteiger partial charge in [0, 0.05) is 32.3 Å². The van der Waals surface area contributed by atoms with Gasteiger partial charge in [0.1, 0.15) is 5.75 Å². The summed E-state index contributed by atoms with van der Waals surface area (Å²) in [6.07, 6.45) is 3.37. The Morgan fingerprint density at radius 3 is 2.69 bits per heavy atom. The highest BCUT2D eigenvalue weighted by atomic mass is 32.1. The van der Waals surface area contributed by atoms with E-state index in [4.69, 9.17) is 23.9 Å². The van der Waals surface area contributed by atoms with Crippen LogP contribution < -0.4 is 19.1 Å². The van der Waals surface area contributed by atoms with E-state index in [-0.39, 0.29) is 5.91 Å². The number of rotatable bonds is 10. The smallest absolute Gasteiger partial charge is 0.252 e. The van der Waals surface area contributed by atoms with Crippen molar-refractivity contribution in [3.05, 3.63) is 48.0 Å². The standard InChI is InChI=1S/C26H31N3O5S/c1-4-34-20-7-8-21-24(18-20)35-26(27-21)29(12-11-28-13-15-33-16-14-28)25(30)10-6-19-5-9-22(31-2)23(17-19)32-3/h5-10,17-18H,4,11-16H2,1-3H3/b10-6+. The van der Waals surface area contributed by atoms with E-state index >= 15 is 0 Å². The third kappa shape index (κ3) is 6.30. The minimum atomic E-state index is -0.128. The van der Waals surface area contributed by atoms with Gasteiger partial charge in [-0.15, -0.1) is 0 Å². The molecule has 4 rings (SSSR count). The number of anilines is 1. The molecule has 0 aliphatic carbocycles. The van der Waals surface area contributed by atoms with Gasteiger partial charge in [-0.3, -0.25) is 14.6 Å². The predicted molar refractivity (Wildman–Crippen MR) is 139 cm³/mol. The van der Waals surface area contributed by atoms with E-state index in [1.54, 1.807) is 31.3 Å². The maximum absolute atomic E-state index is 13.4. The average molecular weight is 498 g/mol. The highest BCUT2D eigenvalue weighted by Crippen LogP contribution is 2.32. The van der Waals surface area contributed by atoms with Gasteiger partial charge < -0.3 is 18.9 Å². The van der Waals surface area contributed by atoms with E-state index in [2.05, 4.69) is 4.90 Å². The number of aromatic nitrogens is 1. The summed E-state index contributed by atoms with van der Waals surface area (Å²) in [5, 5.41) is 0.670. The van der Waals surface area contributed by atoms with Crippen molar-refractivity contribution < 1.29 is 23.7 Å². The van der Waals surface area contributed by atoms with E-state index in [0.29, 0.717) is 43.0 Å². The molecule has 1 fully saturated rings. The summed E-state index contributed by atoms with van der Waals surface area (Å²) in [7, 11) is 3.19. The number of thiazole rings is 1. The first-order valence-corrected chi connectivity index (χ1v) is 12.5. The number of methoxy groups -OCH3 is 2. The Kier molecular flexibility index (Phi) is 8.57. The van der Waals surface area contributed by atoms with Gasteiger partial charge in [-0.25, -0.2) is 4.98 Å². The maximum Gasteiger partial charge on any atom is 0.252 e. The van der Waals surface area contributed by atoms with Crippen molar-refractivity contribution >= 4 is 38.7 Å². The van der Waals surface area contributed by atoms with Crippen LogP contribution in [0.3, 0.4) is 0 Å². The molecule has 9 heteroatoms. The number of ether oxygens (including phenoxy) is 4. The van der Waals surface area contributed by atoms with Gasteiger partial charge in [-0.05, 0) is 48.9 Å². The fraction of sp³-hybridized carbons (Fsp3) is 0.385. The second-order valence-electron chi connectivity index (χ2n) is 7.95. The van der Waals surface area contributed by atoms with Gasteiger partial charge in [0.05, 0.1) is 44.3 Å². The topological polar surface area (TPSA) is 73.4 Å². The molecule has 1 saturated heterocycles. The lowest BCUT2D eigenvalue weighted by Gasteiger charge is -2.28. The minimum Gasteiger partial charge on any atom is -0.494 e. The van der Waals surface area contributed by atoms with Crippen LogP contribution in [0.5, 0.6) is 17.2 Å². The summed E-state index contributed by atoms with van der Waals surface area (Å²) in [6, 6.07) is 11.4. The lowest BCUT2D eigenvalue weighted by Crippen LogP contribution is -2.42. The first kappa shape index (κ1) is 25.0. The third-order valence-corrected chi connectivity index (χ3v) is 6.77. The summed E-state index contributed by atoms with van der Waals surface area (Å²) >= 11 is 1.49. The molecule has 1 amide bonds. The number of morpholine rings is 1. The van der Waals surface area contributed by atoms with Gasteiger partial charge in [0.2, 0.25) is 0 Å². The summed E-state index contributed by atoms with van der Waals surface area (Å²) < 4.78 is 22.8. The SMILES string of the molecule is CCOc1ccc2nc(N(CCN3CCOCC3)C(=O)/C=C/c3ccc(OC)c(OC)c3)sc2c1. The number of nitrogens with zero attached hydrogens (tertiary/aromatic N) is 3. The van der Waals surface area contributed by atoms with Crippen LogP contribution in [-0.4, -0.2) is 76.0 Å². The van der Waals surface area contributed by atoms with Crippen molar-refractivity contribution in [3.63, 3.8) is 0 Å². The summed E-state index contributed by atoms with van der Waals surface area (Å²) in [5.74, 6) is 1.93. The summed E-state index contributed by atoms with van der Waals surface area (Å²) in [5.41, 5.74) is 1.69. The molecule has 35 heavy (non-hydrogen) atoms. The van der Waals surface area contributed by atoms with Crippen LogP contribution in [0.1, 0.15) is 12.5 Å². The molecule has 0 atom stereocenters. The molecule has 2 aromatic carbocycles. The van der Waals surface area contributed by atoms with E-state index < -0.39 is 0 Å². The molecule has 0 bridgehead atoms. The Bertz CT molecular complexity index is 1170. The highest BCUT2D eigenvalue weighted by molar-refractivity contribution is 7.22. The molecule has 0 unspecified atom stereocenters. The molecular weight excluding hydrogens is 466 g/mol. The van der Waals surface area contributed by atoms with Gasteiger partial charge >= 0.3 is 0 Å². The third-order valence-electron chi connectivity index (χ3n) is 5.73. The zero-order valence-corrected chi connectivity index (χ0v) is 21.2. The van der Waals surface area contributed by atoms with Crippen molar-refractivity contribution in [2.75, 3.05) is 65.1 Å². The van der Waals surface area contributed by atoms with E-state index in [0.717, 1.165) is 41.2 Å². The van der Waals surface area contributed by atoms with Crippen LogP contribution >= 0.6 is 11.3 Å². The number of amides is 1. The second-order valence-corrected chi connectivity index (χ2v) is 8.96. The van der Waals surface area contributed by atoms with Crippen molar-refractivity contribution in [1.29, 1.82) is 0 Å². The van der Waals surface area contributed by atoms with Gasteiger partial charge in [0.15, 0.2) is 16.6 Å². The highest BCUT2D eigenvalue weighted by Gasteiger charge is 2.20. The first-order valence-electron chi connectivity index (χ1n) is 11.7. The number of hydrogen-bond donors (Lipinski definition) is 0. The fourth-order valence-corrected chi connectivity index (χ4v) is 4.87. The number of benzene rings is 2. The average Bonchev–Trinajstić information content (AvgIpc) is 3.31. The van der Waals surface area contributed by atoms with Crippen molar-refractivity contribution in [3.8, 4) is 17.2 Å². The van der Waals surface area contributed by atoms with Crippen LogP contribution in [-0.2, 0) is 9.53 Å². The molecule has 8 nitrogen and oxygen atoms in total. The molecule has 0 saturated carbocycles. The van der Waals surface area contributed by atoms with Crippen LogP contribution in [0.4, 0.5) is 5.13 Å². The first-order chi connectivity index (χ1) is 17.1. The molecule has 2 heterocycles. The number of hydrogen-bond acceptors (Lipinski definition) is 8. The molecular formula is C26H31N3O5S. The zero-order valence-electron chi connectivity index (χ0n) is 20.4. The monoisotopic (exact) mass is 497 g/mol. The lowest BCUT2D eigenvalue weighted by molar-refractivity contribution is -0.114. The molecule has 1 aliphatic heterocycles. The Hall–Kier alpha value is -3.14. The second kappa shape index (κ2) is 12.0. The Labute approximate surface area is 209 Å². The van der Waals surface area contributed by atoms with E-state index in [9.17, 15) is 4.79 Å².